The minimum atomic E-state index is -0.577. The number of aromatic nitrogens is 2. The predicted octanol–water partition coefficient (Wildman–Crippen LogP) is 2.37. The summed E-state index contributed by atoms with van der Waals surface area (Å²) in [5, 5.41) is 16.7. The first-order chi connectivity index (χ1) is 9.10. The molecular weight excluding hydrogens is 240 g/mol. The van der Waals surface area contributed by atoms with E-state index >= 15 is 0 Å². The van der Waals surface area contributed by atoms with Crippen LogP contribution in [-0.4, -0.2) is 15.7 Å². The summed E-state index contributed by atoms with van der Waals surface area (Å²) in [5.41, 5.74) is 0.754. The van der Waals surface area contributed by atoms with Crippen molar-refractivity contribution >= 4 is 11.7 Å². The number of nitrogens with one attached hydrogen (secondary N) is 1. The van der Waals surface area contributed by atoms with Crippen molar-refractivity contribution in [1.29, 1.82) is 5.26 Å². The molecule has 5 nitrogen and oxygen atoms in total. The zero-order valence-corrected chi connectivity index (χ0v) is 11.3. The molecule has 3 rings (SSSR count). The van der Waals surface area contributed by atoms with E-state index in [9.17, 15) is 10.1 Å². The van der Waals surface area contributed by atoms with Crippen LogP contribution in [0.5, 0.6) is 0 Å². The van der Waals surface area contributed by atoms with Crippen molar-refractivity contribution in [3.8, 4) is 6.07 Å². The lowest BCUT2D eigenvalue weighted by Crippen LogP contribution is -2.44. The zero-order valence-electron chi connectivity index (χ0n) is 11.3. The van der Waals surface area contributed by atoms with Crippen LogP contribution < -0.4 is 5.32 Å². The molecule has 1 spiro atoms. The van der Waals surface area contributed by atoms with Crippen molar-refractivity contribution in [2.45, 2.75) is 51.0 Å². The average molecular weight is 258 g/mol. The molecule has 1 aliphatic heterocycles. The largest absolute Gasteiger partial charge is 0.309 e. The van der Waals surface area contributed by atoms with Crippen molar-refractivity contribution in [2.24, 2.45) is 5.92 Å². The van der Waals surface area contributed by atoms with Gasteiger partial charge in [0, 0.05) is 17.0 Å². The lowest BCUT2D eigenvalue weighted by atomic mass is 9.68. The number of carbonyl (C=O) groups excluding carboxylic acids is 1. The number of nitriles is 1. The van der Waals surface area contributed by atoms with Crippen LogP contribution in [0.2, 0.25) is 0 Å². The minimum absolute atomic E-state index is 0.167. The topological polar surface area (TPSA) is 70.7 Å². The van der Waals surface area contributed by atoms with E-state index in [1.54, 1.807) is 0 Å². The summed E-state index contributed by atoms with van der Waals surface area (Å²) in [6, 6.07) is 2.41. The van der Waals surface area contributed by atoms with Crippen LogP contribution >= 0.6 is 0 Å². The van der Waals surface area contributed by atoms with Gasteiger partial charge in [-0.2, -0.15) is 10.4 Å². The molecule has 2 heterocycles. The van der Waals surface area contributed by atoms with Gasteiger partial charge in [-0.25, -0.2) is 4.68 Å². The van der Waals surface area contributed by atoms with E-state index in [4.69, 9.17) is 0 Å². The van der Waals surface area contributed by atoms with E-state index in [2.05, 4.69) is 16.5 Å². The van der Waals surface area contributed by atoms with Crippen molar-refractivity contribution in [3.05, 3.63) is 11.8 Å². The molecule has 0 aromatic carbocycles. The van der Waals surface area contributed by atoms with Gasteiger partial charge in [0.05, 0.1) is 12.3 Å². The minimum Gasteiger partial charge on any atom is -0.309 e. The highest BCUT2D eigenvalue weighted by Crippen LogP contribution is 2.51. The van der Waals surface area contributed by atoms with Crippen LogP contribution in [0, 0.1) is 17.2 Å². The molecule has 0 radical (unpaired) electrons. The summed E-state index contributed by atoms with van der Waals surface area (Å²) in [7, 11) is 0. The van der Waals surface area contributed by atoms with Gasteiger partial charge in [-0.05, 0) is 26.7 Å². The van der Waals surface area contributed by atoms with Crippen molar-refractivity contribution in [1.82, 2.24) is 9.78 Å². The maximum absolute atomic E-state index is 12.2. The van der Waals surface area contributed by atoms with Crippen LogP contribution in [0.1, 0.15) is 51.1 Å². The zero-order chi connectivity index (χ0) is 13.6. The Balaban J connectivity index is 2.19. The molecule has 0 saturated heterocycles. The van der Waals surface area contributed by atoms with Gasteiger partial charge in [0.1, 0.15) is 11.7 Å². The Kier molecular flexibility index (Phi) is 2.63. The smallest absolute Gasteiger partial charge is 0.243 e. The van der Waals surface area contributed by atoms with E-state index in [1.807, 2.05) is 24.7 Å². The van der Waals surface area contributed by atoms with Gasteiger partial charge in [-0.1, -0.05) is 12.8 Å². The number of rotatable bonds is 1. The van der Waals surface area contributed by atoms with E-state index in [0.717, 1.165) is 37.1 Å². The Morgan fingerprint density at radius 2 is 2.21 bits per heavy atom. The molecule has 1 aromatic rings. The lowest BCUT2D eigenvalue weighted by molar-refractivity contribution is -0.120. The van der Waals surface area contributed by atoms with Gasteiger partial charge in [0.15, 0.2) is 0 Å². The summed E-state index contributed by atoms with van der Waals surface area (Å²) < 4.78 is 1.85. The second-order valence-electron chi connectivity index (χ2n) is 5.86. The number of amides is 1. The van der Waals surface area contributed by atoms with E-state index < -0.39 is 5.92 Å². The number of nitrogens with zero attached hydrogens (tertiary/aromatic N) is 3. The average Bonchev–Trinajstić information content (AvgIpc) is 2.97. The number of hydrogen-bond acceptors (Lipinski definition) is 3. The Hall–Kier alpha value is -1.83. The third-order valence-corrected chi connectivity index (χ3v) is 4.50. The molecule has 2 aliphatic rings. The summed E-state index contributed by atoms with van der Waals surface area (Å²) in [4.78, 5) is 12.2. The molecule has 0 bridgehead atoms. The van der Waals surface area contributed by atoms with Gasteiger partial charge in [-0.15, -0.1) is 0 Å². The maximum Gasteiger partial charge on any atom is 0.243 e. The van der Waals surface area contributed by atoms with E-state index in [1.165, 1.54) is 0 Å². The molecule has 5 heteroatoms. The molecule has 0 unspecified atom stereocenters. The summed E-state index contributed by atoms with van der Waals surface area (Å²) in [5.74, 6) is 0.0556. The van der Waals surface area contributed by atoms with Crippen molar-refractivity contribution < 1.29 is 4.79 Å². The van der Waals surface area contributed by atoms with Gasteiger partial charge < -0.3 is 5.32 Å². The highest BCUT2D eigenvalue weighted by Gasteiger charge is 2.52. The Morgan fingerprint density at radius 3 is 2.79 bits per heavy atom. The molecule has 1 atom stereocenters. The monoisotopic (exact) mass is 258 g/mol. The van der Waals surface area contributed by atoms with Crippen LogP contribution in [0.4, 0.5) is 5.82 Å². The summed E-state index contributed by atoms with van der Waals surface area (Å²) in [6.45, 7) is 4.08. The SMILES string of the molecule is CC(C)n1ncc2c1NC(=O)[C@@H](C#N)C21CCCC1. The number of carbonyl (C=O) groups is 1. The Bertz CT molecular complexity index is 560. The van der Waals surface area contributed by atoms with Crippen LogP contribution in [0.25, 0.3) is 0 Å². The number of hydrogen-bond donors (Lipinski definition) is 1. The van der Waals surface area contributed by atoms with E-state index in [0.29, 0.717) is 0 Å². The van der Waals surface area contributed by atoms with Gasteiger partial charge >= 0.3 is 0 Å². The number of fused-ring (bicyclic) bond motifs is 2. The molecular formula is C14H18N4O. The quantitative estimate of drug-likeness (QED) is 0.840. The van der Waals surface area contributed by atoms with Crippen LogP contribution in [0.15, 0.2) is 6.20 Å². The lowest BCUT2D eigenvalue weighted by Gasteiger charge is -2.37. The van der Waals surface area contributed by atoms with E-state index in [-0.39, 0.29) is 17.4 Å². The summed E-state index contributed by atoms with van der Waals surface area (Å²) >= 11 is 0. The van der Waals surface area contributed by atoms with Gasteiger partial charge in [-0.3, -0.25) is 4.79 Å². The van der Waals surface area contributed by atoms with Crippen molar-refractivity contribution in [3.63, 3.8) is 0 Å². The third kappa shape index (κ3) is 1.52. The number of anilines is 1. The molecule has 1 fully saturated rings. The molecule has 1 amide bonds. The highest BCUT2D eigenvalue weighted by atomic mass is 16.2. The fourth-order valence-corrected chi connectivity index (χ4v) is 3.58. The van der Waals surface area contributed by atoms with Gasteiger partial charge in [0.25, 0.3) is 0 Å². The first-order valence-corrected chi connectivity index (χ1v) is 6.88. The molecule has 1 aliphatic carbocycles. The predicted molar refractivity (Wildman–Crippen MR) is 70.5 cm³/mol. The molecule has 1 saturated carbocycles. The molecule has 100 valence electrons. The highest BCUT2D eigenvalue weighted by molar-refractivity contribution is 5.98. The Labute approximate surface area is 112 Å². The fraction of sp³-hybridized carbons (Fsp3) is 0.643. The second kappa shape index (κ2) is 4.09. The van der Waals surface area contributed by atoms with Gasteiger partial charge in [0.2, 0.25) is 5.91 Å². The third-order valence-electron chi connectivity index (χ3n) is 4.50. The fourth-order valence-electron chi connectivity index (χ4n) is 3.58. The van der Waals surface area contributed by atoms with Crippen LogP contribution in [0.3, 0.4) is 0 Å². The first kappa shape index (κ1) is 12.2. The maximum atomic E-state index is 12.2. The first-order valence-electron chi connectivity index (χ1n) is 6.88. The van der Waals surface area contributed by atoms with Crippen molar-refractivity contribution in [2.75, 3.05) is 5.32 Å². The molecule has 1 aromatic heterocycles. The normalized spacial score (nSPS) is 24.3. The standard InChI is InChI=1S/C14H18N4O/c1-9(2)18-12-11(8-16-18)14(5-3-4-6-14)10(7-15)13(19)17-12/h8-10H,3-6H2,1-2H3,(H,17,19)/t10-/m1/s1. The second-order valence-corrected chi connectivity index (χ2v) is 5.86. The molecule has 1 N–H and O–H groups in total. The summed E-state index contributed by atoms with van der Waals surface area (Å²) in [6.07, 6.45) is 5.84. The van der Waals surface area contributed by atoms with Crippen LogP contribution in [-0.2, 0) is 10.2 Å². The molecule has 19 heavy (non-hydrogen) atoms. The Morgan fingerprint density at radius 1 is 1.53 bits per heavy atom.